The van der Waals surface area contributed by atoms with E-state index in [0.717, 1.165) is 35.3 Å². The van der Waals surface area contributed by atoms with Crippen LogP contribution in [0.4, 0.5) is 5.69 Å². The summed E-state index contributed by atoms with van der Waals surface area (Å²) in [6, 6.07) is 17.3. The Hall–Kier alpha value is -2.46. The molecule has 0 atom stereocenters. The van der Waals surface area contributed by atoms with Crippen LogP contribution >= 0.6 is 11.3 Å². The second kappa shape index (κ2) is 5.63. The number of rotatable bonds is 1. The van der Waals surface area contributed by atoms with Gasteiger partial charge in [0.1, 0.15) is 0 Å². The predicted octanol–water partition coefficient (Wildman–Crippen LogP) is 3.85. The van der Waals surface area contributed by atoms with Gasteiger partial charge in [-0.15, -0.1) is 0 Å². The summed E-state index contributed by atoms with van der Waals surface area (Å²) in [5, 5.41) is 1.50. The third-order valence-corrected chi connectivity index (χ3v) is 5.15. The Kier molecular flexibility index (Phi) is 3.46. The van der Waals surface area contributed by atoms with Gasteiger partial charge in [-0.1, -0.05) is 47.7 Å². The lowest BCUT2D eigenvalue weighted by atomic mass is 10.0. The molecule has 4 heteroatoms. The SMILES string of the molecule is O=C(c1cc2ccccc2c(=O)s1)N1CCCc2ccccc21. The van der Waals surface area contributed by atoms with Crippen molar-refractivity contribution in [1.82, 2.24) is 0 Å². The summed E-state index contributed by atoms with van der Waals surface area (Å²) in [5.74, 6) is -0.0787. The fourth-order valence-electron chi connectivity index (χ4n) is 3.12. The zero-order valence-electron chi connectivity index (χ0n) is 12.5. The number of para-hydroxylation sites is 1. The fraction of sp³-hybridized carbons (Fsp3) is 0.158. The molecule has 23 heavy (non-hydrogen) atoms. The summed E-state index contributed by atoms with van der Waals surface area (Å²) in [7, 11) is 0. The maximum Gasteiger partial charge on any atom is 0.268 e. The van der Waals surface area contributed by atoms with Crippen molar-refractivity contribution >= 4 is 33.7 Å². The van der Waals surface area contributed by atoms with E-state index in [0.29, 0.717) is 16.8 Å². The van der Waals surface area contributed by atoms with Crippen molar-refractivity contribution < 1.29 is 4.79 Å². The Bertz CT molecular complexity index is 961. The number of aryl methyl sites for hydroxylation is 1. The molecule has 0 unspecified atom stereocenters. The van der Waals surface area contributed by atoms with Gasteiger partial charge in [-0.25, -0.2) is 0 Å². The first-order valence-corrected chi connectivity index (χ1v) is 8.48. The zero-order valence-corrected chi connectivity index (χ0v) is 13.3. The maximum atomic E-state index is 13.0. The van der Waals surface area contributed by atoms with E-state index < -0.39 is 0 Å². The molecule has 2 aromatic carbocycles. The molecule has 2 heterocycles. The van der Waals surface area contributed by atoms with E-state index in [2.05, 4.69) is 6.07 Å². The van der Waals surface area contributed by atoms with Crippen LogP contribution < -0.4 is 9.64 Å². The van der Waals surface area contributed by atoms with Gasteiger partial charge in [0.25, 0.3) is 5.91 Å². The summed E-state index contributed by atoms with van der Waals surface area (Å²) in [6.45, 7) is 0.698. The van der Waals surface area contributed by atoms with Crippen molar-refractivity contribution in [1.29, 1.82) is 0 Å². The Labute approximate surface area is 137 Å². The Morgan fingerprint density at radius 2 is 1.83 bits per heavy atom. The topological polar surface area (TPSA) is 37.4 Å². The number of nitrogens with zero attached hydrogens (tertiary/aromatic N) is 1. The van der Waals surface area contributed by atoms with Gasteiger partial charge in [-0.05, 0) is 42.0 Å². The molecule has 0 N–H and O–H groups in total. The highest BCUT2D eigenvalue weighted by Gasteiger charge is 2.24. The largest absolute Gasteiger partial charge is 0.307 e. The van der Waals surface area contributed by atoms with Crippen molar-refractivity contribution in [2.24, 2.45) is 0 Å². The van der Waals surface area contributed by atoms with Crippen molar-refractivity contribution in [3.05, 3.63) is 74.6 Å². The number of carbonyl (C=O) groups excluding carboxylic acids is 1. The normalized spacial score (nSPS) is 13.8. The summed E-state index contributed by atoms with van der Waals surface area (Å²) in [4.78, 5) is 27.5. The first-order valence-electron chi connectivity index (χ1n) is 7.67. The average Bonchev–Trinajstić information content (AvgIpc) is 2.60. The molecule has 4 rings (SSSR count). The molecule has 0 spiro atoms. The smallest absolute Gasteiger partial charge is 0.268 e. The minimum Gasteiger partial charge on any atom is -0.307 e. The molecule has 0 bridgehead atoms. The summed E-state index contributed by atoms with van der Waals surface area (Å²) >= 11 is 1.04. The van der Waals surface area contributed by atoms with E-state index in [-0.39, 0.29) is 10.6 Å². The van der Waals surface area contributed by atoms with Crippen molar-refractivity contribution in [3.8, 4) is 0 Å². The van der Waals surface area contributed by atoms with Crippen LogP contribution in [0.25, 0.3) is 10.8 Å². The van der Waals surface area contributed by atoms with Gasteiger partial charge < -0.3 is 4.90 Å². The Morgan fingerprint density at radius 3 is 2.74 bits per heavy atom. The molecule has 114 valence electrons. The van der Waals surface area contributed by atoms with E-state index in [4.69, 9.17) is 0 Å². The highest BCUT2D eigenvalue weighted by atomic mass is 32.1. The number of benzene rings is 2. The molecule has 0 aliphatic carbocycles. The lowest BCUT2D eigenvalue weighted by molar-refractivity contribution is 0.0989. The molecule has 0 fully saturated rings. The summed E-state index contributed by atoms with van der Waals surface area (Å²) in [6.07, 6.45) is 1.94. The maximum absolute atomic E-state index is 13.0. The zero-order chi connectivity index (χ0) is 15.8. The van der Waals surface area contributed by atoms with Crippen LogP contribution in [0.15, 0.2) is 59.4 Å². The van der Waals surface area contributed by atoms with E-state index in [1.165, 1.54) is 5.56 Å². The first-order chi connectivity index (χ1) is 11.2. The van der Waals surface area contributed by atoms with Crippen molar-refractivity contribution in [3.63, 3.8) is 0 Å². The molecular weight excluding hydrogens is 306 g/mol. The highest BCUT2D eigenvalue weighted by molar-refractivity contribution is 7.12. The molecule has 0 saturated heterocycles. The number of anilines is 1. The third-order valence-electron chi connectivity index (χ3n) is 4.24. The molecular formula is C19H15NO2S. The van der Waals surface area contributed by atoms with Crippen molar-refractivity contribution in [2.45, 2.75) is 12.8 Å². The standard InChI is InChI=1S/C19H15NO2S/c21-18(20-11-5-8-13-6-2-4-10-16(13)20)17-12-14-7-1-3-9-15(14)19(22)23-17/h1-4,6-7,9-10,12H,5,8,11H2. The van der Waals surface area contributed by atoms with Gasteiger partial charge >= 0.3 is 0 Å². The quantitative estimate of drug-likeness (QED) is 0.682. The second-order valence-electron chi connectivity index (χ2n) is 5.67. The molecule has 3 nitrogen and oxygen atoms in total. The van der Waals surface area contributed by atoms with E-state index in [9.17, 15) is 9.59 Å². The van der Waals surface area contributed by atoms with Crippen LogP contribution in [0.3, 0.4) is 0 Å². The van der Waals surface area contributed by atoms with Crippen molar-refractivity contribution in [2.75, 3.05) is 11.4 Å². The van der Waals surface area contributed by atoms with Crippen LogP contribution in [0.2, 0.25) is 0 Å². The fourth-order valence-corrected chi connectivity index (χ4v) is 4.00. The molecule has 3 aromatic rings. The minimum absolute atomic E-state index is 0.0586. The average molecular weight is 321 g/mol. The monoisotopic (exact) mass is 321 g/mol. The van der Waals surface area contributed by atoms with E-state index in [1.807, 2.05) is 42.5 Å². The number of hydrogen-bond donors (Lipinski definition) is 0. The van der Waals surface area contributed by atoms with Crippen LogP contribution in [0.1, 0.15) is 21.7 Å². The summed E-state index contributed by atoms with van der Waals surface area (Å²) in [5.41, 5.74) is 2.16. The Morgan fingerprint density at radius 1 is 1.04 bits per heavy atom. The van der Waals surface area contributed by atoms with E-state index in [1.54, 1.807) is 11.0 Å². The third kappa shape index (κ3) is 2.45. The van der Waals surface area contributed by atoms with Gasteiger partial charge in [0.15, 0.2) is 0 Å². The molecule has 1 aliphatic rings. The Balaban J connectivity index is 1.80. The van der Waals surface area contributed by atoms with Gasteiger partial charge in [0, 0.05) is 17.6 Å². The highest BCUT2D eigenvalue weighted by Crippen LogP contribution is 2.29. The first kappa shape index (κ1) is 14.2. The molecule has 0 saturated carbocycles. The van der Waals surface area contributed by atoms with Gasteiger partial charge in [0.05, 0.1) is 4.88 Å². The number of hydrogen-bond acceptors (Lipinski definition) is 3. The second-order valence-corrected chi connectivity index (χ2v) is 6.69. The van der Waals surface area contributed by atoms with Gasteiger partial charge in [-0.3, -0.25) is 9.59 Å². The van der Waals surface area contributed by atoms with Crippen LogP contribution in [0.5, 0.6) is 0 Å². The van der Waals surface area contributed by atoms with Crippen LogP contribution in [0, 0.1) is 0 Å². The van der Waals surface area contributed by atoms with E-state index >= 15 is 0 Å². The lowest BCUT2D eigenvalue weighted by Crippen LogP contribution is -2.35. The van der Waals surface area contributed by atoms with Gasteiger partial charge in [-0.2, -0.15) is 0 Å². The van der Waals surface area contributed by atoms with Crippen LogP contribution in [-0.4, -0.2) is 12.5 Å². The molecule has 0 radical (unpaired) electrons. The summed E-state index contributed by atoms with van der Waals surface area (Å²) < 4.78 is -0.0586. The molecule has 1 aromatic heterocycles. The molecule has 1 aliphatic heterocycles. The van der Waals surface area contributed by atoms with Gasteiger partial charge in [0.2, 0.25) is 4.74 Å². The lowest BCUT2D eigenvalue weighted by Gasteiger charge is -2.29. The minimum atomic E-state index is -0.0787. The number of carbonyl (C=O) groups is 1. The molecule has 1 amide bonds. The number of fused-ring (bicyclic) bond motifs is 2. The number of amides is 1. The predicted molar refractivity (Wildman–Crippen MR) is 94.5 cm³/mol. The van der Waals surface area contributed by atoms with Crippen LogP contribution in [-0.2, 0) is 6.42 Å².